The van der Waals surface area contributed by atoms with Gasteiger partial charge in [0.15, 0.2) is 0 Å². The molecule has 0 saturated carbocycles. The van der Waals surface area contributed by atoms with Gasteiger partial charge < -0.3 is 9.42 Å². The zero-order valence-corrected chi connectivity index (χ0v) is 18.2. The molecule has 6 heteroatoms. The molecule has 0 N–H and O–H groups in total. The lowest BCUT2D eigenvalue weighted by Gasteiger charge is -2.22. The molecule has 2 aromatic carbocycles. The molecule has 6 nitrogen and oxygen atoms in total. The molecule has 2 aromatic heterocycles. The fraction of sp³-hybridized carbons (Fsp3) is 0.269. The first-order valence-corrected chi connectivity index (χ1v) is 11.1. The highest BCUT2D eigenvalue weighted by Gasteiger charge is 2.23. The summed E-state index contributed by atoms with van der Waals surface area (Å²) < 4.78 is 5.20. The van der Waals surface area contributed by atoms with Crippen LogP contribution in [0.25, 0.3) is 22.2 Å². The Hall–Kier alpha value is -3.51. The van der Waals surface area contributed by atoms with Crippen LogP contribution in [0.15, 0.2) is 71.3 Å². The number of pyridine rings is 1. The summed E-state index contributed by atoms with van der Waals surface area (Å²) in [5.74, 6) is 0.894. The maximum atomic E-state index is 13.7. The van der Waals surface area contributed by atoms with Crippen molar-refractivity contribution in [2.45, 2.75) is 19.9 Å². The predicted octanol–water partition coefficient (Wildman–Crippen LogP) is 4.55. The molecule has 1 amide bonds. The van der Waals surface area contributed by atoms with Crippen LogP contribution in [0.5, 0.6) is 0 Å². The number of carbonyl (C=O) groups is 1. The molecule has 0 unspecified atom stereocenters. The summed E-state index contributed by atoms with van der Waals surface area (Å²) in [5.41, 5.74) is 4.34. The standard InChI is InChI=1S/C26H26N4O2/c1-19-16-21(28-32-19)18-29-12-7-13-30(15-14-29)26(31)23-17-25(20-8-3-2-4-9-20)27-24-11-6-5-10-22(23)24/h2-6,8-11,16-17H,7,12-15,18H2,1H3. The first-order chi connectivity index (χ1) is 15.7. The molecule has 3 heterocycles. The van der Waals surface area contributed by atoms with E-state index in [-0.39, 0.29) is 5.91 Å². The minimum absolute atomic E-state index is 0.0694. The molecule has 0 aliphatic carbocycles. The minimum Gasteiger partial charge on any atom is -0.361 e. The Balaban J connectivity index is 1.40. The van der Waals surface area contributed by atoms with E-state index < -0.39 is 0 Å². The summed E-state index contributed by atoms with van der Waals surface area (Å²) >= 11 is 0. The highest BCUT2D eigenvalue weighted by molar-refractivity contribution is 6.07. The van der Waals surface area contributed by atoms with Gasteiger partial charge in [-0.3, -0.25) is 9.69 Å². The van der Waals surface area contributed by atoms with Crippen molar-refractivity contribution in [1.29, 1.82) is 0 Å². The third kappa shape index (κ3) is 4.27. The minimum atomic E-state index is 0.0694. The Kier molecular flexibility index (Phi) is 5.69. The number of amides is 1. The van der Waals surface area contributed by atoms with Crippen molar-refractivity contribution in [3.8, 4) is 11.3 Å². The SMILES string of the molecule is Cc1cc(CN2CCCN(C(=O)c3cc(-c4ccccc4)nc4ccccc34)CC2)no1. The third-order valence-corrected chi connectivity index (χ3v) is 5.95. The fourth-order valence-corrected chi connectivity index (χ4v) is 4.33. The van der Waals surface area contributed by atoms with Crippen molar-refractivity contribution < 1.29 is 9.32 Å². The molecule has 1 aliphatic heterocycles. The van der Waals surface area contributed by atoms with Gasteiger partial charge in [0.25, 0.3) is 5.91 Å². The quantitative estimate of drug-likeness (QED) is 0.479. The number of hydrogen-bond acceptors (Lipinski definition) is 5. The molecule has 1 fully saturated rings. The lowest BCUT2D eigenvalue weighted by atomic mass is 10.0. The van der Waals surface area contributed by atoms with Crippen LogP contribution in [0, 0.1) is 6.92 Å². The Morgan fingerprint density at radius 2 is 1.78 bits per heavy atom. The lowest BCUT2D eigenvalue weighted by molar-refractivity contribution is 0.0763. The second kappa shape index (κ2) is 8.93. The molecule has 0 spiro atoms. The van der Waals surface area contributed by atoms with Gasteiger partial charge in [-0.25, -0.2) is 4.98 Å². The third-order valence-electron chi connectivity index (χ3n) is 5.95. The molecule has 162 valence electrons. The number of hydrogen-bond donors (Lipinski definition) is 0. The van der Waals surface area contributed by atoms with Gasteiger partial charge in [-0.1, -0.05) is 53.7 Å². The number of aromatic nitrogens is 2. The molecule has 5 rings (SSSR count). The van der Waals surface area contributed by atoms with Crippen LogP contribution in [-0.2, 0) is 6.54 Å². The Morgan fingerprint density at radius 1 is 0.969 bits per heavy atom. The molecule has 1 saturated heterocycles. The lowest BCUT2D eigenvalue weighted by Crippen LogP contribution is -2.35. The molecule has 4 aromatic rings. The topological polar surface area (TPSA) is 62.5 Å². The molecule has 32 heavy (non-hydrogen) atoms. The molecule has 1 aliphatic rings. The van der Waals surface area contributed by atoms with Gasteiger partial charge in [0.2, 0.25) is 0 Å². The van der Waals surface area contributed by atoms with E-state index in [4.69, 9.17) is 9.51 Å². The van der Waals surface area contributed by atoms with E-state index >= 15 is 0 Å². The number of fused-ring (bicyclic) bond motifs is 1. The summed E-state index contributed by atoms with van der Waals surface area (Å²) in [5, 5.41) is 5.01. The molecule has 0 atom stereocenters. The number of rotatable bonds is 4. The van der Waals surface area contributed by atoms with Gasteiger partial charge in [-0.15, -0.1) is 0 Å². The van der Waals surface area contributed by atoms with Crippen molar-refractivity contribution in [1.82, 2.24) is 19.9 Å². The van der Waals surface area contributed by atoms with Crippen LogP contribution in [0.1, 0.15) is 28.2 Å². The summed E-state index contributed by atoms with van der Waals surface area (Å²) in [6.45, 7) is 5.82. The fourth-order valence-electron chi connectivity index (χ4n) is 4.33. The molecular formula is C26H26N4O2. The second-order valence-electron chi connectivity index (χ2n) is 8.29. The van der Waals surface area contributed by atoms with E-state index in [0.717, 1.165) is 71.8 Å². The van der Waals surface area contributed by atoms with E-state index in [9.17, 15) is 4.79 Å². The summed E-state index contributed by atoms with van der Waals surface area (Å²) in [6, 6.07) is 21.8. The summed E-state index contributed by atoms with van der Waals surface area (Å²) in [6.07, 6.45) is 0.928. The van der Waals surface area contributed by atoms with Crippen LogP contribution >= 0.6 is 0 Å². The van der Waals surface area contributed by atoms with Crippen molar-refractivity contribution >= 4 is 16.8 Å². The van der Waals surface area contributed by atoms with E-state index in [1.54, 1.807) is 0 Å². The monoisotopic (exact) mass is 426 g/mol. The van der Waals surface area contributed by atoms with E-state index in [2.05, 4.69) is 10.1 Å². The van der Waals surface area contributed by atoms with Crippen molar-refractivity contribution in [3.63, 3.8) is 0 Å². The van der Waals surface area contributed by atoms with E-state index in [1.165, 1.54) is 0 Å². The molecule has 0 radical (unpaired) electrons. The molecule has 0 bridgehead atoms. The summed E-state index contributed by atoms with van der Waals surface area (Å²) in [7, 11) is 0. The average Bonchev–Trinajstić information content (AvgIpc) is 3.10. The average molecular weight is 427 g/mol. The first-order valence-electron chi connectivity index (χ1n) is 11.1. The van der Waals surface area contributed by atoms with Crippen molar-refractivity contribution in [2.75, 3.05) is 26.2 Å². The normalized spacial score (nSPS) is 15.1. The van der Waals surface area contributed by atoms with Crippen molar-refractivity contribution in [2.24, 2.45) is 0 Å². The van der Waals surface area contributed by atoms with Gasteiger partial charge in [0.1, 0.15) is 5.76 Å². The van der Waals surface area contributed by atoms with Gasteiger partial charge in [-0.05, 0) is 25.5 Å². The highest BCUT2D eigenvalue weighted by Crippen LogP contribution is 2.26. The Morgan fingerprint density at radius 3 is 2.59 bits per heavy atom. The first kappa shape index (κ1) is 20.4. The van der Waals surface area contributed by atoms with Crippen LogP contribution in [0.4, 0.5) is 0 Å². The molecular weight excluding hydrogens is 400 g/mol. The van der Waals surface area contributed by atoms with Crippen LogP contribution in [0.3, 0.4) is 0 Å². The van der Waals surface area contributed by atoms with Crippen LogP contribution in [-0.4, -0.2) is 52.0 Å². The number of carbonyl (C=O) groups excluding carboxylic acids is 1. The van der Waals surface area contributed by atoms with Gasteiger partial charge in [0, 0.05) is 49.7 Å². The highest BCUT2D eigenvalue weighted by atomic mass is 16.5. The predicted molar refractivity (Wildman–Crippen MR) is 124 cm³/mol. The zero-order chi connectivity index (χ0) is 21.9. The largest absolute Gasteiger partial charge is 0.361 e. The van der Waals surface area contributed by atoms with Gasteiger partial charge in [-0.2, -0.15) is 0 Å². The Labute approximate surface area is 187 Å². The van der Waals surface area contributed by atoms with E-state index in [0.29, 0.717) is 6.54 Å². The number of benzene rings is 2. The van der Waals surface area contributed by atoms with E-state index in [1.807, 2.05) is 78.6 Å². The summed E-state index contributed by atoms with van der Waals surface area (Å²) in [4.78, 5) is 22.8. The van der Waals surface area contributed by atoms with Gasteiger partial charge >= 0.3 is 0 Å². The number of para-hydroxylation sites is 1. The smallest absolute Gasteiger partial charge is 0.254 e. The Bertz CT molecular complexity index is 1240. The van der Waals surface area contributed by atoms with Crippen LogP contribution in [0.2, 0.25) is 0 Å². The van der Waals surface area contributed by atoms with Gasteiger partial charge in [0.05, 0.1) is 22.5 Å². The second-order valence-corrected chi connectivity index (χ2v) is 8.29. The maximum Gasteiger partial charge on any atom is 0.254 e. The maximum absolute atomic E-state index is 13.7. The number of aryl methyl sites for hydroxylation is 1. The number of nitrogens with zero attached hydrogens (tertiary/aromatic N) is 4. The van der Waals surface area contributed by atoms with Crippen molar-refractivity contribution in [3.05, 3.63) is 83.7 Å². The zero-order valence-electron chi connectivity index (χ0n) is 18.2. The van der Waals surface area contributed by atoms with Crippen LogP contribution < -0.4 is 0 Å².